The molecule has 1 heterocycles. The van der Waals surface area contributed by atoms with Crippen LogP contribution >= 0.6 is 0 Å². The Labute approximate surface area is 156 Å². The number of hydrogen-bond acceptors (Lipinski definition) is 4. The van der Waals surface area contributed by atoms with Crippen molar-refractivity contribution >= 4 is 17.5 Å². The van der Waals surface area contributed by atoms with E-state index in [1.807, 2.05) is 45.0 Å². The highest BCUT2D eigenvalue weighted by Crippen LogP contribution is 2.20. The molecule has 6 nitrogen and oxygen atoms in total. The quantitative estimate of drug-likeness (QED) is 0.783. The van der Waals surface area contributed by atoms with E-state index in [1.54, 1.807) is 7.11 Å². The first-order chi connectivity index (χ1) is 12.4. The second-order valence-corrected chi connectivity index (χ2v) is 7.30. The third kappa shape index (κ3) is 5.73. The molecule has 0 aromatic heterocycles. The molecule has 0 bridgehead atoms. The number of ether oxygens (including phenoxy) is 1. The molecule has 1 aromatic rings. The number of nitrogens with zero attached hydrogens (tertiary/aromatic N) is 1. The van der Waals surface area contributed by atoms with Gasteiger partial charge in [0.25, 0.3) is 0 Å². The van der Waals surface area contributed by atoms with E-state index >= 15 is 0 Å². The van der Waals surface area contributed by atoms with Gasteiger partial charge in [-0.25, -0.2) is 0 Å². The van der Waals surface area contributed by atoms with E-state index in [0.29, 0.717) is 12.5 Å². The molecule has 2 rings (SSSR count). The van der Waals surface area contributed by atoms with Crippen molar-refractivity contribution in [3.8, 4) is 5.75 Å². The SMILES string of the molecule is COc1ccc(NC(=O)C(C)N2CCCC(CNC(=O)C(C)C)C2)cc1. The minimum Gasteiger partial charge on any atom is -0.497 e. The fraction of sp³-hybridized carbons (Fsp3) is 0.600. The van der Waals surface area contributed by atoms with Gasteiger partial charge in [-0.2, -0.15) is 0 Å². The fourth-order valence-corrected chi connectivity index (χ4v) is 3.15. The standard InChI is InChI=1S/C20H31N3O3/c1-14(2)19(24)21-12-16-6-5-11-23(13-16)15(3)20(25)22-17-7-9-18(26-4)10-8-17/h7-10,14-16H,5-6,11-13H2,1-4H3,(H,21,24)(H,22,25). The van der Waals surface area contributed by atoms with Crippen LogP contribution in [0.1, 0.15) is 33.6 Å². The Morgan fingerprint density at radius 2 is 1.88 bits per heavy atom. The van der Waals surface area contributed by atoms with Crippen molar-refractivity contribution in [3.05, 3.63) is 24.3 Å². The average molecular weight is 361 g/mol. The van der Waals surface area contributed by atoms with Crippen molar-refractivity contribution in [2.45, 2.75) is 39.7 Å². The Hall–Kier alpha value is -2.08. The van der Waals surface area contributed by atoms with Crippen LogP contribution in [0.5, 0.6) is 5.75 Å². The van der Waals surface area contributed by atoms with Crippen LogP contribution in [-0.2, 0) is 9.59 Å². The number of hydrogen-bond donors (Lipinski definition) is 2. The Morgan fingerprint density at radius 1 is 1.19 bits per heavy atom. The summed E-state index contributed by atoms with van der Waals surface area (Å²) in [6, 6.07) is 7.12. The summed E-state index contributed by atoms with van der Waals surface area (Å²) in [5.74, 6) is 1.24. The number of benzene rings is 1. The summed E-state index contributed by atoms with van der Waals surface area (Å²) in [7, 11) is 1.62. The summed E-state index contributed by atoms with van der Waals surface area (Å²) < 4.78 is 5.13. The number of methoxy groups -OCH3 is 1. The molecule has 2 unspecified atom stereocenters. The van der Waals surface area contributed by atoms with Crippen LogP contribution in [0.25, 0.3) is 0 Å². The van der Waals surface area contributed by atoms with E-state index in [9.17, 15) is 9.59 Å². The van der Waals surface area contributed by atoms with Crippen molar-refractivity contribution < 1.29 is 14.3 Å². The summed E-state index contributed by atoms with van der Waals surface area (Å²) in [5, 5.41) is 5.98. The third-order valence-corrected chi connectivity index (χ3v) is 4.92. The summed E-state index contributed by atoms with van der Waals surface area (Å²) in [6.07, 6.45) is 2.13. The molecule has 26 heavy (non-hydrogen) atoms. The summed E-state index contributed by atoms with van der Waals surface area (Å²) >= 11 is 0. The lowest BCUT2D eigenvalue weighted by Gasteiger charge is -2.36. The van der Waals surface area contributed by atoms with E-state index in [1.165, 1.54) is 0 Å². The van der Waals surface area contributed by atoms with Gasteiger partial charge in [-0.05, 0) is 56.5 Å². The van der Waals surface area contributed by atoms with Crippen molar-refractivity contribution in [2.75, 3.05) is 32.1 Å². The first-order valence-electron chi connectivity index (χ1n) is 9.37. The Bertz CT molecular complexity index is 601. The molecule has 0 aliphatic carbocycles. The molecular formula is C20H31N3O3. The van der Waals surface area contributed by atoms with Gasteiger partial charge in [-0.3, -0.25) is 14.5 Å². The lowest BCUT2D eigenvalue weighted by atomic mass is 9.96. The molecule has 0 saturated carbocycles. The molecule has 2 amide bonds. The number of carbonyl (C=O) groups is 2. The van der Waals surface area contributed by atoms with Gasteiger partial charge in [0.2, 0.25) is 11.8 Å². The maximum absolute atomic E-state index is 12.6. The lowest BCUT2D eigenvalue weighted by molar-refractivity contribution is -0.125. The summed E-state index contributed by atoms with van der Waals surface area (Å²) in [4.78, 5) is 26.5. The number of piperidine rings is 1. The van der Waals surface area contributed by atoms with Crippen LogP contribution in [-0.4, -0.2) is 49.5 Å². The predicted molar refractivity (Wildman–Crippen MR) is 103 cm³/mol. The maximum Gasteiger partial charge on any atom is 0.241 e. The molecule has 0 radical (unpaired) electrons. The van der Waals surface area contributed by atoms with Crippen LogP contribution in [0.4, 0.5) is 5.69 Å². The minimum atomic E-state index is -0.208. The minimum absolute atomic E-state index is 0.00360. The highest BCUT2D eigenvalue weighted by atomic mass is 16.5. The molecule has 2 atom stereocenters. The molecule has 0 spiro atoms. The smallest absolute Gasteiger partial charge is 0.241 e. The zero-order valence-electron chi connectivity index (χ0n) is 16.2. The topological polar surface area (TPSA) is 70.7 Å². The lowest BCUT2D eigenvalue weighted by Crippen LogP contribution is -2.49. The second kappa shape index (κ2) is 9.57. The Kier molecular flexibility index (Phi) is 7.45. The van der Waals surface area contributed by atoms with Crippen molar-refractivity contribution in [1.29, 1.82) is 0 Å². The van der Waals surface area contributed by atoms with E-state index in [4.69, 9.17) is 4.74 Å². The summed E-state index contributed by atoms with van der Waals surface area (Å²) in [6.45, 7) is 8.15. The van der Waals surface area contributed by atoms with Crippen molar-refractivity contribution in [1.82, 2.24) is 10.2 Å². The molecule has 144 valence electrons. The molecule has 1 fully saturated rings. The molecule has 2 N–H and O–H groups in total. The van der Waals surface area contributed by atoms with Gasteiger partial charge in [0, 0.05) is 24.7 Å². The normalized spacial score (nSPS) is 19.0. The average Bonchev–Trinajstić information content (AvgIpc) is 2.66. The first kappa shape index (κ1) is 20.2. The third-order valence-electron chi connectivity index (χ3n) is 4.92. The van der Waals surface area contributed by atoms with Gasteiger partial charge < -0.3 is 15.4 Å². The molecular weight excluding hydrogens is 330 g/mol. The first-order valence-corrected chi connectivity index (χ1v) is 9.37. The highest BCUT2D eigenvalue weighted by Gasteiger charge is 2.27. The Balaban J connectivity index is 1.85. The van der Waals surface area contributed by atoms with Crippen LogP contribution in [0.2, 0.25) is 0 Å². The molecule has 1 aromatic carbocycles. The van der Waals surface area contributed by atoms with Crippen LogP contribution in [0.3, 0.4) is 0 Å². The number of amides is 2. The highest BCUT2D eigenvalue weighted by molar-refractivity contribution is 5.94. The molecule has 1 aliphatic rings. The van der Waals surface area contributed by atoms with E-state index in [2.05, 4.69) is 15.5 Å². The van der Waals surface area contributed by atoms with Gasteiger partial charge in [0.1, 0.15) is 5.75 Å². The number of rotatable bonds is 7. The van der Waals surface area contributed by atoms with Gasteiger partial charge in [0.15, 0.2) is 0 Å². The second-order valence-electron chi connectivity index (χ2n) is 7.30. The number of anilines is 1. The van der Waals surface area contributed by atoms with Crippen LogP contribution in [0.15, 0.2) is 24.3 Å². The largest absolute Gasteiger partial charge is 0.497 e. The summed E-state index contributed by atoms with van der Waals surface area (Å²) in [5.41, 5.74) is 0.764. The van der Waals surface area contributed by atoms with Crippen LogP contribution < -0.4 is 15.4 Å². The maximum atomic E-state index is 12.6. The molecule has 6 heteroatoms. The number of likely N-dealkylation sites (tertiary alicyclic amines) is 1. The zero-order valence-corrected chi connectivity index (χ0v) is 16.2. The number of carbonyl (C=O) groups excluding carboxylic acids is 2. The molecule has 1 aliphatic heterocycles. The number of nitrogens with one attached hydrogen (secondary N) is 2. The monoisotopic (exact) mass is 361 g/mol. The van der Waals surface area contributed by atoms with Gasteiger partial charge in [0.05, 0.1) is 13.2 Å². The van der Waals surface area contributed by atoms with Crippen molar-refractivity contribution in [2.24, 2.45) is 11.8 Å². The fourth-order valence-electron chi connectivity index (χ4n) is 3.15. The van der Waals surface area contributed by atoms with Crippen molar-refractivity contribution in [3.63, 3.8) is 0 Å². The van der Waals surface area contributed by atoms with Crippen LogP contribution in [0, 0.1) is 11.8 Å². The van der Waals surface area contributed by atoms with Gasteiger partial charge >= 0.3 is 0 Å². The van der Waals surface area contributed by atoms with E-state index in [0.717, 1.165) is 37.4 Å². The zero-order chi connectivity index (χ0) is 19.1. The van der Waals surface area contributed by atoms with E-state index < -0.39 is 0 Å². The molecule has 1 saturated heterocycles. The van der Waals surface area contributed by atoms with Gasteiger partial charge in [-0.15, -0.1) is 0 Å². The predicted octanol–water partition coefficient (Wildman–Crippen LogP) is 2.51. The van der Waals surface area contributed by atoms with Gasteiger partial charge in [-0.1, -0.05) is 13.8 Å². The Morgan fingerprint density at radius 3 is 2.50 bits per heavy atom. The van der Waals surface area contributed by atoms with E-state index in [-0.39, 0.29) is 23.8 Å².